The Balaban J connectivity index is 2.03. The van der Waals surface area contributed by atoms with E-state index in [-0.39, 0.29) is 5.60 Å². The number of hydrogen-bond donors (Lipinski definition) is 0. The maximum Gasteiger partial charge on any atom is 0.334 e. The van der Waals surface area contributed by atoms with Crippen molar-refractivity contribution in [2.75, 3.05) is 34.0 Å². The van der Waals surface area contributed by atoms with Crippen LogP contribution >= 0.6 is 0 Å². The third kappa shape index (κ3) is 4.14. The molecule has 1 unspecified atom stereocenters. The Morgan fingerprint density at radius 3 is 2.38 bits per heavy atom. The Bertz CT molecular complexity index is 202. The molecular weight excluding hydrogens is 224 g/mol. The van der Waals surface area contributed by atoms with E-state index in [0.29, 0.717) is 0 Å². The summed E-state index contributed by atoms with van der Waals surface area (Å²) in [6.07, 6.45) is 2.03. The van der Waals surface area contributed by atoms with Crippen LogP contribution in [0.15, 0.2) is 0 Å². The predicted molar refractivity (Wildman–Crippen MR) is 64.9 cm³/mol. The van der Waals surface area contributed by atoms with E-state index in [0.717, 1.165) is 38.7 Å². The minimum absolute atomic E-state index is 0.0449. The van der Waals surface area contributed by atoms with Crippen LogP contribution in [0.25, 0.3) is 0 Å². The van der Waals surface area contributed by atoms with Gasteiger partial charge >= 0.3 is 8.56 Å². The summed E-state index contributed by atoms with van der Waals surface area (Å²) >= 11 is 0. The SMILES string of the molecule is CCC1(COCCC[Si](C)(OC)OC)CO1. The zero-order valence-corrected chi connectivity index (χ0v) is 11.9. The molecule has 0 spiro atoms. The summed E-state index contributed by atoms with van der Waals surface area (Å²) < 4.78 is 21.8. The monoisotopic (exact) mass is 248 g/mol. The van der Waals surface area contributed by atoms with Crippen molar-refractivity contribution in [2.24, 2.45) is 0 Å². The average molecular weight is 248 g/mol. The second-order valence-corrected chi connectivity index (χ2v) is 8.11. The molecule has 4 nitrogen and oxygen atoms in total. The van der Waals surface area contributed by atoms with Gasteiger partial charge in [-0.2, -0.15) is 0 Å². The fourth-order valence-corrected chi connectivity index (χ4v) is 2.89. The van der Waals surface area contributed by atoms with Gasteiger partial charge in [0.2, 0.25) is 0 Å². The summed E-state index contributed by atoms with van der Waals surface area (Å²) in [7, 11) is 1.55. The largest absolute Gasteiger partial charge is 0.398 e. The molecule has 16 heavy (non-hydrogen) atoms. The van der Waals surface area contributed by atoms with Crippen LogP contribution in [0.5, 0.6) is 0 Å². The molecule has 0 N–H and O–H groups in total. The lowest BCUT2D eigenvalue weighted by Crippen LogP contribution is -2.36. The maximum absolute atomic E-state index is 5.62. The highest BCUT2D eigenvalue weighted by Gasteiger charge is 2.43. The maximum atomic E-state index is 5.62. The highest BCUT2D eigenvalue weighted by atomic mass is 28.4. The van der Waals surface area contributed by atoms with E-state index in [4.69, 9.17) is 18.3 Å². The molecule has 1 atom stereocenters. The van der Waals surface area contributed by atoms with Crippen LogP contribution in [-0.2, 0) is 18.3 Å². The number of ether oxygens (including phenoxy) is 2. The van der Waals surface area contributed by atoms with E-state index >= 15 is 0 Å². The topological polar surface area (TPSA) is 40.2 Å². The number of rotatable bonds is 9. The quantitative estimate of drug-likeness (QED) is 0.355. The molecular formula is C11H24O4Si. The van der Waals surface area contributed by atoms with Gasteiger partial charge < -0.3 is 18.3 Å². The fourth-order valence-electron chi connectivity index (χ4n) is 1.53. The van der Waals surface area contributed by atoms with Gasteiger partial charge in [-0.15, -0.1) is 0 Å². The first-order valence-electron chi connectivity index (χ1n) is 5.92. The van der Waals surface area contributed by atoms with Crippen LogP contribution in [0.4, 0.5) is 0 Å². The fraction of sp³-hybridized carbons (Fsp3) is 1.00. The second kappa shape index (κ2) is 6.12. The molecule has 96 valence electrons. The zero-order chi connectivity index (χ0) is 12.1. The molecule has 1 heterocycles. The van der Waals surface area contributed by atoms with Crippen molar-refractivity contribution in [1.82, 2.24) is 0 Å². The lowest BCUT2D eigenvalue weighted by Gasteiger charge is -2.22. The van der Waals surface area contributed by atoms with Crippen LogP contribution in [0, 0.1) is 0 Å². The minimum atomic E-state index is -1.90. The molecule has 0 bridgehead atoms. The minimum Gasteiger partial charge on any atom is -0.398 e. The van der Waals surface area contributed by atoms with E-state index in [1.165, 1.54) is 0 Å². The summed E-state index contributed by atoms with van der Waals surface area (Å²) in [5.41, 5.74) is 0.0449. The molecule has 1 rings (SSSR count). The molecule has 0 saturated carbocycles. The molecule has 0 aromatic rings. The van der Waals surface area contributed by atoms with Crippen molar-refractivity contribution in [2.45, 2.75) is 38.0 Å². The highest BCUT2D eigenvalue weighted by molar-refractivity contribution is 6.65. The molecule has 0 radical (unpaired) electrons. The summed E-state index contributed by atoms with van der Waals surface area (Å²) in [6.45, 7) is 6.55. The van der Waals surface area contributed by atoms with Crippen molar-refractivity contribution in [3.63, 3.8) is 0 Å². The summed E-state index contributed by atoms with van der Waals surface area (Å²) in [6, 6.07) is 0.972. The lowest BCUT2D eigenvalue weighted by atomic mass is 10.1. The first kappa shape index (κ1) is 14.1. The van der Waals surface area contributed by atoms with Gasteiger partial charge in [0.05, 0.1) is 13.2 Å². The molecule has 1 fully saturated rings. The van der Waals surface area contributed by atoms with Crippen LogP contribution in [-0.4, -0.2) is 48.2 Å². The summed E-state index contributed by atoms with van der Waals surface area (Å²) in [5.74, 6) is 0. The molecule has 1 aliphatic rings. The first-order chi connectivity index (χ1) is 7.60. The molecule has 0 aromatic heterocycles. The van der Waals surface area contributed by atoms with Gasteiger partial charge in [-0.1, -0.05) is 6.92 Å². The molecule has 0 aromatic carbocycles. The molecule has 1 aliphatic heterocycles. The van der Waals surface area contributed by atoms with E-state index in [1.807, 2.05) is 0 Å². The Morgan fingerprint density at radius 2 is 1.94 bits per heavy atom. The highest BCUT2D eigenvalue weighted by Crippen LogP contribution is 2.30. The van der Waals surface area contributed by atoms with Gasteiger partial charge in [-0.25, -0.2) is 0 Å². The van der Waals surface area contributed by atoms with Crippen molar-refractivity contribution in [3.05, 3.63) is 0 Å². The van der Waals surface area contributed by atoms with Gasteiger partial charge in [0.25, 0.3) is 0 Å². The third-order valence-corrected chi connectivity index (χ3v) is 6.33. The summed E-state index contributed by atoms with van der Waals surface area (Å²) in [4.78, 5) is 0. The Labute approximate surface area is 99.5 Å². The van der Waals surface area contributed by atoms with Gasteiger partial charge in [0, 0.05) is 20.8 Å². The molecule has 0 amide bonds. The number of hydrogen-bond acceptors (Lipinski definition) is 4. The second-order valence-electron chi connectivity index (χ2n) is 4.52. The van der Waals surface area contributed by atoms with E-state index in [2.05, 4.69) is 13.5 Å². The number of epoxide rings is 1. The van der Waals surface area contributed by atoms with Crippen LogP contribution in [0.2, 0.25) is 12.6 Å². The smallest absolute Gasteiger partial charge is 0.334 e. The Hall–Kier alpha value is 0.0569. The molecule has 5 heteroatoms. The van der Waals surface area contributed by atoms with Crippen LogP contribution in [0.1, 0.15) is 19.8 Å². The zero-order valence-electron chi connectivity index (χ0n) is 10.9. The van der Waals surface area contributed by atoms with E-state index in [9.17, 15) is 0 Å². The van der Waals surface area contributed by atoms with Gasteiger partial charge in [-0.05, 0) is 25.4 Å². The predicted octanol–water partition coefficient (Wildman–Crippen LogP) is 1.94. The Kier molecular flexibility index (Phi) is 5.40. The third-order valence-electron chi connectivity index (χ3n) is 3.35. The van der Waals surface area contributed by atoms with Crippen LogP contribution in [0.3, 0.4) is 0 Å². The first-order valence-corrected chi connectivity index (χ1v) is 8.44. The molecule has 1 saturated heterocycles. The molecule has 0 aliphatic carbocycles. The Morgan fingerprint density at radius 1 is 1.31 bits per heavy atom. The average Bonchev–Trinajstić information content (AvgIpc) is 3.09. The van der Waals surface area contributed by atoms with Crippen molar-refractivity contribution < 1.29 is 18.3 Å². The normalized spacial score (nSPS) is 24.8. The lowest BCUT2D eigenvalue weighted by molar-refractivity contribution is 0.0759. The van der Waals surface area contributed by atoms with Gasteiger partial charge in [-0.3, -0.25) is 0 Å². The van der Waals surface area contributed by atoms with Crippen LogP contribution < -0.4 is 0 Å². The van der Waals surface area contributed by atoms with Crippen molar-refractivity contribution in [3.8, 4) is 0 Å². The van der Waals surface area contributed by atoms with Crippen molar-refractivity contribution >= 4 is 8.56 Å². The standard InChI is InChI=1S/C11H24O4Si/c1-5-11(10-15-11)9-14-7-6-8-16(4,12-2)13-3/h5-10H2,1-4H3. The van der Waals surface area contributed by atoms with Gasteiger partial charge in [0.15, 0.2) is 0 Å². The van der Waals surface area contributed by atoms with E-state index in [1.54, 1.807) is 14.2 Å². The summed E-state index contributed by atoms with van der Waals surface area (Å²) in [5, 5.41) is 0. The van der Waals surface area contributed by atoms with Crippen molar-refractivity contribution in [1.29, 1.82) is 0 Å². The van der Waals surface area contributed by atoms with Gasteiger partial charge in [0.1, 0.15) is 5.60 Å². The van der Waals surface area contributed by atoms with E-state index < -0.39 is 8.56 Å².